The third kappa shape index (κ3) is 6.37. The number of allylic oxidation sites excluding steroid dienone is 3. The van der Waals surface area contributed by atoms with Crippen molar-refractivity contribution < 1.29 is 14.3 Å². The quantitative estimate of drug-likeness (QED) is 0.315. The predicted molar refractivity (Wildman–Crippen MR) is 89.7 cm³/mol. The number of carbonyl (C=O) groups is 1. The molecule has 0 radical (unpaired) electrons. The molecule has 0 aliphatic carbocycles. The summed E-state index contributed by atoms with van der Waals surface area (Å²) in [5, 5.41) is 17.7. The monoisotopic (exact) mass is 324 g/mol. The summed E-state index contributed by atoms with van der Waals surface area (Å²) >= 11 is 0. The molecule has 0 atom stereocenters. The Hall–Kier alpha value is -3.05. The lowest BCUT2D eigenvalue weighted by molar-refractivity contribution is 0.0526. The number of benzene rings is 1. The van der Waals surface area contributed by atoms with E-state index in [4.69, 9.17) is 20.0 Å². The van der Waals surface area contributed by atoms with Crippen molar-refractivity contribution in [3.63, 3.8) is 0 Å². The van der Waals surface area contributed by atoms with E-state index in [9.17, 15) is 4.79 Å². The van der Waals surface area contributed by atoms with E-state index in [0.717, 1.165) is 11.1 Å². The van der Waals surface area contributed by atoms with Crippen molar-refractivity contribution in [2.75, 3.05) is 13.2 Å². The van der Waals surface area contributed by atoms with Crippen molar-refractivity contribution >= 4 is 5.97 Å². The van der Waals surface area contributed by atoms with Gasteiger partial charge in [-0.15, -0.1) is 0 Å². The molecule has 0 aliphatic heterocycles. The molecule has 0 saturated heterocycles. The zero-order chi connectivity index (χ0) is 17.8. The number of carbonyl (C=O) groups excluding carboxylic acids is 1. The van der Waals surface area contributed by atoms with Crippen molar-refractivity contribution in [3.8, 4) is 12.1 Å². The molecule has 0 unspecified atom stereocenters. The van der Waals surface area contributed by atoms with Gasteiger partial charge in [0.25, 0.3) is 0 Å². The van der Waals surface area contributed by atoms with Gasteiger partial charge in [0.1, 0.15) is 17.7 Å². The van der Waals surface area contributed by atoms with Gasteiger partial charge in [-0.2, -0.15) is 10.5 Å². The standard InChI is InChI=1S/C19H20N2O3/c1-3-23-14-16(11-17(12-20)13-21)6-5-15-7-9-18(10-8-15)19(22)24-4-2/h7-11,14H,3-6H2,1-2H3/b16-14+. The van der Waals surface area contributed by atoms with Gasteiger partial charge in [-0.05, 0) is 56.0 Å². The highest BCUT2D eigenvalue weighted by molar-refractivity contribution is 5.89. The first kappa shape index (κ1) is 19.0. The van der Waals surface area contributed by atoms with Gasteiger partial charge in [0.2, 0.25) is 0 Å². The maximum absolute atomic E-state index is 11.6. The fraction of sp³-hybridized carbons (Fsp3) is 0.316. The summed E-state index contributed by atoms with van der Waals surface area (Å²) in [4.78, 5) is 11.6. The Bertz CT molecular complexity index is 673. The Kier molecular flexibility index (Phi) is 8.42. The summed E-state index contributed by atoms with van der Waals surface area (Å²) < 4.78 is 10.2. The molecular weight excluding hydrogens is 304 g/mol. The molecule has 0 spiro atoms. The van der Waals surface area contributed by atoms with E-state index in [1.54, 1.807) is 25.3 Å². The van der Waals surface area contributed by atoms with E-state index in [2.05, 4.69) is 0 Å². The van der Waals surface area contributed by atoms with E-state index < -0.39 is 0 Å². The van der Waals surface area contributed by atoms with Gasteiger partial charge in [0.05, 0.1) is 25.0 Å². The number of hydrogen-bond acceptors (Lipinski definition) is 5. The Morgan fingerprint density at radius 3 is 2.33 bits per heavy atom. The fourth-order valence-electron chi connectivity index (χ4n) is 1.94. The zero-order valence-electron chi connectivity index (χ0n) is 13.9. The van der Waals surface area contributed by atoms with Crippen molar-refractivity contribution in [2.45, 2.75) is 26.7 Å². The number of nitriles is 2. The fourth-order valence-corrected chi connectivity index (χ4v) is 1.94. The summed E-state index contributed by atoms with van der Waals surface area (Å²) in [5.41, 5.74) is 2.36. The van der Waals surface area contributed by atoms with Crippen LogP contribution in [0.4, 0.5) is 0 Å². The van der Waals surface area contributed by atoms with Crippen molar-refractivity contribution in [1.29, 1.82) is 10.5 Å². The third-order valence-electron chi connectivity index (χ3n) is 3.14. The maximum Gasteiger partial charge on any atom is 0.338 e. The van der Waals surface area contributed by atoms with Crippen LogP contribution in [0.25, 0.3) is 0 Å². The van der Waals surface area contributed by atoms with Gasteiger partial charge < -0.3 is 9.47 Å². The number of rotatable bonds is 8. The number of aryl methyl sites for hydroxylation is 1. The maximum atomic E-state index is 11.6. The molecule has 124 valence electrons. The highest BCUT2D eigenvalue weighted by Gasteiger charge is 2.06. The summed E-state index contributed by atoms with van der Waals surface area (Å²) in [6.07, 6.45) is 4.42. The average molecular weight is 324 g/mol. The minimum Gasteiger partial charge on any atom is -0.501 e. The van der Waals surface area contributed by atoms with Crippen LogP contribution in [-0.4, -0.2) is 19.2 Å². The minimum absolute atomic E-state index is 0.0404. The van der Waals surface area contributed by atoms with Gasteiger partial charge in [0, 0.05) is 0 Å². The highest BCUT2D eigenvalue weighted by Crippen LogP contribution is 2.14. The molecule has 5 heteroatoms. The van der Waals surface area contributed by atoms with Crippen molar-refractivity contribution in [1.82, 2.24) is 0 Å². The molecule has 1 rings (SSSR count). The van der Waals surface area contributed by atoms with Crippen LogP contribution in [-0.2, 0) is 15.9 Å². The van der Waals surface area contributed by atoms with Crippen LogP contribution >= 0.6 is 0 Å². The van der Waals surface area contributed by atoms with Crippen LogP contribution in [0, 0.1) is 22.7 Å². The topological polar surface area (TPSA) is 83.1 Å². The Morgan fingerprint density at radius 2 is 1.79 bits per heavy atom. The molecule has 1 aromatic carbocycles. The van der Waals surface area contributed by atoms with E-state index >= 15 is 0 Å². The molecule has 0 amide bonds. The number of ether oxygens (including phenoxy) is 2. The normalized spacial score (nSPS) is 10.2. The summed E-state index contributed by atoms with van der Waals surface area (Å²) in [6, 6.07) is 10.9. The lowest BCUT2D eigenvalue weighted by Gasteiger charge is -2.06. The zero-order valence-corrected chi connectivity index (χ0v) is 13.9. The van der Waals surface area contributed by atoms with E-state index in [1.807, 2.05) is 31.2 Å². The van der Waals surface area contributed by atoms with Crippen LogP contribution in [0.15, 0.2) is 47.7 Å². The smallest absolute Gasteiger partial charge is 0.338 e. The van der Waals surface area contributed by atoms with Crippen LogP contribution < -0.4 is 0 Å². The largest absolute Gasteiger partial charge is 0.501 e. The molecule has 5 nitrogen and oxygen atoms in total. The first-order valence-electron chi connectivity index (χ1n) is 7.73. The second kappa shape index (κ2) is 10.6. The van der Waals surface area contributed by atoms with Crippen molar-refractivity contribution in [3.05, 3.63) is 58.9 Å². The van der Waals surface area contributed by atoms with Crippen LogP contribution in [0.5, 0.6) is 0 Å². The van der Waals surface area contributed by atoms with Gasteiger partial charge in [-0.25, -0.2) is 4.79 Å². The minimum atomic E-state index is -0.336. The number of hydrogen-bond donors (Lipinski definition) is 0. The second-order valence-corrected chi connectivity index (χ2v) is 4.85. The molecule has 24 heavy (non-hydrogen) atoms. The molecular formula is C19H20N2O3. The van der Waals surface area contributed by atoms with Crippen LogP contribution in [0.1, 0.15) is 36.2 Å². The van der Waals surface area contributed by atoms with E-state index in [1.165, 1.54) is 6.08 Å². The Morgan fingerprint density at radius 1 is 1.12 bits per heavy atom. The average Bonchev–Trinajstić information content (AvgIpc) is 2.61. The molecule has 0 heterocycles. The van der Waals surface area contributed by atoms with Gasteiger partial charge >= 0.3 is 5.97 Å². The van der Waals surface area contributed by atoms with E-state index in [-0.39, 0.29) is 11.5 Å². The lowest BCUT2D eigenvalue weighted by atomic mass is 10.0. The van der Waals surface area contributed by atoms with Crippen LogP contribution in [0.2, 0.25) is 0 Å². The summed E-state index contributed by atoms with van der Waals surface area (Å²) in [7, 11) is 0. The van der Waals surface area contributed by atoms with Gasteiger partial charge in [0.15, 0.2) is 0 Å². The molecule has 0 saturated carbocycles. The van der Waals surface area contributed by atoms with Gasteiger partial charge in [-0.1, -0.05) is 12.1 Å². The number of esters is 1. The predicted octanol–water partition coefficient (Wildman–Crippen LogP) is 3.69. The third-order valence-corrected chi connectivity index (χ3v) is 3.14. The number of nitrogens with zero attached hydrogens (tertiary/aromatic N) is 2. The summed E-state index contributed by atoms with van der Waals surface area (Å²) in [6.45, 7) is 4.49. The van der Waals surface area contributed by atoms with Crippen LogP contribution in [0.3, 0.4) is 0 Å². The van der Waals surface area contributed by atoms with Crippen molar-refractivity contribution in [2.24, 2.45) is 0 Å². The molecule has 0 aromatic heterocycles. The molecule has 0 fully saturated rings. The molecule has 0 aliphatic rings. The first-order chi connectivity index (χ1) is 11.6. The Labute approximate surface area is 142 Å². The molecule has 0 bridgehead atoms. The SMILES string of the molecule is CCO/C=C(/C=C(C#N)C#N)CCc1ccc(C(=O)OCC)cc1. The summed E-state index contributed by atoms with van der Waals surface area (Å²) in [5.74, 6) is -0.336. The lowest BCUT2D eigenvalue weighted by Crippen LogP contribution is -2.04. The highest BCUT2D eigenvalue weighted by atomic mass is 16.5. The van der Waals surface area contributed by atoms with E-state index in [0.29, 0.717) is 31.6 Å². The molecule has 0 N–H and O–H groups in total. The first-order valence-corrected chi connectivity index (χ1v) is 7.73. The Balaban J connectivity index is 2.77. The molecule has 1 aromatic rings. The van der Waals surface area contributed by atoms with Gasteiger partial charge in [-0.3, -0.25) is 0 Å². The second-order valence-electron chi connectivity index (χ2n) is 4.85.